The summed E-state index contributed by atoms with van der Waals surface area (Å²) in [4.78, 5) is 12.7. The normalized spacial score (nSPS) is 32.9. The Balaban J connectivity index is 1.43. The fraction of sp³-hybridized carbons (Fsp3) is 0.464. The lowest BCUT2D eigenvalue weighted by Crippen LogP contribution is -2.61. The smallest absolute Gasteiger partial charge is 0.229 e. The molecule has 0 saturated carbocycles. The molecule has 2 heterocycles. The number of carbonyl (C=O) groups is 1. The number of benzene rings is 2. The van der Waals surface area contributed by atoms with Gasteiger partial charge in [0.25, 0.3) is 0 Å². The monoisotopic (exact) mass is 610 g/mol. The molecule has 2 aromatic carbocycles. The van der Waals surface area contributed by atoms with Gasteiger partial charge in [0, 0.05) is 12.1 Å². The quantitative estimate of drug-likeness (QED) is 0.119. The number of aliphatic hydroxyl groups is 6. The maximum atomic E-state index is 12.7. The second-order valence-electron chi connectivity index (χ2n) is 10.1. The molecule has 15 heteroatoms. The minimum atomic E-state index is -1.81. The van der Waals surface area contributed by atoms with Gasteiger partial charge >= 0.3 is 0 Å². The average molecular weight is 611 g/mol. The van der Waals surface area contributed by atoms with Crippen LogP contribution in [0.5, 0.6) is 28.7 Å². The third kappa shape index (κ3) is 7.01. The highest BCUT2D eigenvalue weighted by atomic mass is 16.7. The summed E-state index contributed by atoms with van der Waals surface area (Å²) < 4.78 is 26.7. The Morgan fingerprint density at radius 2 is 1.44 bits per heavy atom. The molecule has 2 aliphatic rings. The van der Waals surface area contributed by atoms with Gasteiger partial charge in [-0.05, 0) is 30.7 Å². The van der Waals surface area contributed by atoms with Crippen LogP contribution >= 0.6 is 0 Å². The molecule has 2 aromatic rings. The van der Waals surface area contributed by atoms with Crippen LogP contribution in [-0.4, -0.2) is 127 Å². The fourth-order valence-corrected chi connectivity index (χ4v) is 4.60. The summed E-state index contributed by atoms with van der Waals surface area (Å²) in [6.45, 7) is 0.920. The van der Waals surface area contributed by atoms with Crippen LogP contribution in [0.2, 0.25) is 0 Å². The van der Waals surface area contributed by atoms with Crippen LogP contribution < -0.4 is 9.47 Å². The van der Waals surface area contributed by atoms with Crippen molar-refractivity contribution >= 4 is 11.9 Å². The molecule has 2 fully saturated rings. The lowest BCUT2D eigenvalue weighted by Gasteiger charge is -2.42. The van der Waals surface area contributed by atoms with Gasteiger partial charge in [0.1, 0.15) is 65.5 Å². The highest BCUT2D eigenvalue weighted by Crippen LogP contribution is 2.35. The van der Waals surface area contributed by atoms with Gasteiger partial charge in [0.05, 0.1) is 19.8 Å². The number of rotatable bonds is 9. The number of allylic oxidation sites excluding steroid dienone is 1. The second kappa shape index (κ2) is 13.4. The molecule has 0 amide bonds. The number of hydrogen-bond donors (Lipinski definition) is 9. The van der Waals surface area contributed by atoms with Crippen LogP contribution in [-0.2, 0) is 14.2 Å². The van der Waals surface area contributed by atoms with Crippen LogP contribution in [0.1, 0.15) is 22.8 Å². The van der Waals surface area contributed by atoms with Crippen LogP contribution in [0, 0.1) is 0 Å². The summed E-state index contributed by atoms with van der Waals surface area (Å²) in [6.07, 6.45) is -12.8. The van der Waals surface area contributed by atoms with E-state index in [4.69, 9.17) is 23.7 Å². The van der Waals surface area contributed by atoms with Gasteiger partial charge in [-0.2, -0.15) is 0 Å². The Morgan fingerprint density at radius 1 is 0.814 bits per heavy atom. The Bertz CT molecular complexity index is 1290. The average Bonchev–Trinajstić information content (AvgIpc) is 2.96. The van der Waals surface area contributed by atoms with Gasteiger partial charge in [-0.15, -0.1) is 0 Å². The van der Waals surface area contributed by atoms with Gasteiger partial charge in [0.15, 0.2) is 23.6 Å². The molecule has 2 aliphatic heterocycles. The second-order valence-corrected chi connectivity index (χ2v) is 10.1. The minimum absolute atomic E-state index is 0.156. The third-order valence-electron chi connectivity index (χ3n) is 7.10. The van der Waals surface area contributed by atoms with E-state index < -0.39 is 90.9 Å². The number of carbonyl (C=O) groups excluding carboxylic acids is 1. The number of ether oxygens (including phenoxy) is 5. The molecule has 2 saturated heterocycles. The predicted octanol–water partition coefficient (Wildman–Crippen LogP) is -1.26. The van der Waals surface area contributed by atoms with E-state index in [-0.39, 0.29) is 17.2 Å². The van der Waals surface area contributed by atoms with Gasteiger partial charge in [-0.3, -0.25) is 4.79 Å². The minimum Gasteiger partial charge on any atom is -0.507 e. The first-order valence-electron chi connectivity index (χ1n) is 13.1. The summed E-state index contributed by atoms with van der Waals surface area (Å²) in [5.74, 6) is -2.37. The van der Waals surface area contributed by atoms with Gasteiger partial charge in [0.2, 0.25) is 6.29 Å². The number of phenols is 3. The van der Waals surface area contributed by atoms with E-state index in [1.807, 2.05) is 0 Å². The zero-order valence-corrected chi connectivity index (χ0v) is 23.0. The predicted molar refractivity (Wildman–Crippen MR) is 143 cm³/mol. The molecule has 0 radical (unpaired) electrons. The summed E-state index contributed by atoms with van der Waals surface area (Å²) in [5, 5.41) is 91.9. The fourth-order valence-electron chi connectivity index (χ4n) is 4.60. The molecule has 15 nitrogen and oxygen atoms in total. The number of phenolic OH excluding ortho intramolecular Hbond substituents is 3. The van der Waals surface area contributed by atoms with E-state index in [2.05, 4.69) is 0 Å². The number of aromatic hydroxyl groups is 3. The van der Waals surface area contributed by atoms with Crippen molar-refractivity contribution in [1.82, 2.24) is 0 Å². The summed E-state index contributed by atoms with van der Waals surface area (Å²) >= 11 is 0. The van der Waals surface area contributed by atoms with Gasteiger partial charge in [-0.25, -0.2) is 0 Å². The molecule has 43 heavy (non-hydrogen) atoms. The molecule has 0 spiro atoms. The number of hydrogen-bond acceptors (Lipinski definition) is 15. The van der Waals surface area contributed by atoms with Crippen molar-refractivity contribution in [2.24, 2.45) is 0 Å². The standard InChI is InChI=1S/C28H34O15/c1-11-21(33)23(35)25(37)27(41-11)40-10-19-22(34)24(36)26(38)28(43-19)42-13-8-16(31)20(17(32)9-13)14(29)5-3-12-4-6-18(39-2)15(30)7-12/h3-9,11,19,21-28,30-38H,10H2,1-2H3/b5-3+/t11?,19?,21-,22+,23-,24+,25?,26?,27+,28+/m0/s1. The molecule has 0 bridgehead atoms. The molecular weight excluding hydrogens is 576 g/mol. The number of aliphatic hydroxyl groups excluding tert-OH is 6. The summed E-state index contributed by atoms with van der Waals surface area (Å²) in [5.41, 5.74) is -0.0399. The van der Waals surface area contributed by atoms with E-state index in [1.165, 1.54) is 32.2 Å². The zero-order chi connectivity index (χ0) is 31.6. The summed E-state index contributed by atoms with van der Waals surface area (Å²) in [6, 6.07) is 6.31. The largest absolute Gasteiger partial charge is 0.507 e. The topological polar surface area (TPSA) is 245 Å². The highest BCUT2D eigenvalue weighted by molar-refractivity contribution is 6.10. The molecule has 4 rings (SSSR count). The van der Waals surface area contributed by atoms with E-state index >= 15 is 0 Å². The van der Waals surface area contributed by atoms with Crippen molar-refractivity contribution < 1.29 is 74.4 Å². The number of methoxy groups -OCH3 is 1. The van der Waals surface area contributed by atoms with Crippen LogP contribution in [0.25, 0.3) is 6.08 Å². The van der Waals surface area contributed by atoms with Crippen molar-refractivity contribution in [2.45, 2.75) is 68.3 Å². The van der Waals surface area contributed by atoms with E-state index in [9.17, 15) is 50.8 Å². The van der Waals surface area contributed by atoms with Gasteiger partial charge in [-0.1, -0.05) is 12.1 Å². The molecule has 236 valence electrons. The zero-order valence-electron chi connectivity index (χ0n) is 23.0. The van der Waals surface area contributed by atoms with Crippen molar-refractivity contribution in [3.8, 4) is 28.7 Å². The Morgan fingerprint density at radius 3 is 2.07 bits per heavy atom. The maximum absolute atomic E-state index is 12.7. The molecule has 9 N–H and O–H groups in total. The molecule has 0 aliphatic carbocycles. The highest BCUT2D eigenvalue weighted by Gasteiger charge is 2.47. The van der Waals surface area contributed by atoms with Crippen LogP contribution in [0.15, 0.2) is 36.4 Å². The van der Waals surface area contributed by atoms with Crippen LogP contribution in [0.4, 0.5) is 0 Å². The summed E-state index contributed by atoms with van der Waals surface area (Å²) in [7, 11) is 1.38. The Labute approximate surface area is 245 Å². The molecule has 4 unspecified atom stereocenters. The van der Waals surface area contributed by atoms with Gasteiger partial charge < -0.3 is 69.6 Å². The lowest BCUT2D eigenvalue weighted by atomic mass is 9.98. The van der Waals surface area contributed by atoms with E-state index in [0.29, 0.717) is 5.56 Å². The third-order valence-corrected chi connectivity index (χ3v) is 7.10. The van der Waals surface area contributed by atoms with Crippen molar-refractivity contribution in [3.05, 3.63) is 47.5 Å². The Hall–Kier alpha value is -3.51. The first-order chi connectivity index (χ1) is 20.3. The van der Waals surface area contributed by atoms with Crippen molar-refractivity contribution in [2.75, 3.05) is 13.7 Å². The number of ketones is 1. The van der Waals surface area contributed by atoms with Crippen LogP contribution in [0.3, 0.4) is 0 Å². The lowest BCUT2D eigenvalue weighted by molar-refractivity contribution is -0.318. The first kappa shape index (κ1) is 32.4. The first-order valence-corrected chi connectivity index (χ1v) is 13.1. The molecule has 0 aromatic heterocycles. The molecular formula is C28H34O15. The van der Waals surface area contributed by atoms with Crippen molar-refractivity contribution in [3.63, 3.8) is 0 Å². The SMILES string of the molecule is COc1ccc(/C=C/C(=O)c2c(O)cc(O[C@@H]3OC(CO[C@@H]4OC(C)[C@H](O)[C@H](O)C4O)[C@@H](O)[C@@H](O)C3O)cc2O)cc1O. The van der Waals surface area contributed by atoms with Crippen molar-refractivity contribution in [1.29, 1.82) is 0 Å². The maximum Gasteiger partial charge on any atom is 0.229 e. The van der Waals surface area contributed by atoms with E-state index in [0.717, 1.165) is 18.2 Å². The Kier molecular flexibility index (Phi) is 10.1. The van der Waals surface area contributed by atoms with E-state index in [1.54, 1.807) is 6.07 Å². The molecule has 10 atom stereocenters.